The van der Waals surface area contributed by atoms with E-state index in [0.717, 1.165) is 22.7 Å². The fraction of sp³-hybridized carbons (Fsp3) is 0.296. The third kappa shape index (κ3) is 7.61. The Morgan fingerprint density at radius 1 is 1.07 bits per heavy atom. The number of benzene rings is 2. The van der Waals surface area contributed by atoms with Crippen LogP contribution in [0.1, 0.15) is 47.5 Å². The van der Waals surface area contributed by atoms with Gasteiger partial charge in [0.2, 0.25) is 0 Å². The molecule has 4 aromatic rings. The second kappa shape index (κ2) is 14.0. The number of hydrogen-bond donors (Lipinski definition) is 3. The molecule has 1 unspecified atom stereocenters. The van der Waals surface area contributed by atoms with Gasteiger partial charge in [0, 0.05) is 28.4 Å². The Kier molecular flexibility index (Phi) is 10.6. The molecule has 12 nitrogen and oxygen atoms in total. The van der Waals surface area contributed by atoms with Crippen LogP contribution in [0.15, 0.2) is 58.9 Å². The average molecular weight is 667 g/mol. The number of carbonyl (C=O) groups is 1. The molecule has 4 rings (SSSR count). The summed E-state index contributed by atoms with van der Waals surface area (Å²) in [6.45, 7) is 7.10. The van der Waals surface area contributed by atoms with E-state index in [2.05, 4.69) is 20.0 Å². The lowest BCUT2D eigenvalue weighted by atomic mass is 10.1. The number of anilines is 2. The summed E-state index contributed by atoms with van der Waals surface area (Å²) < 4.78 is 58.6. The van der Waals surface area contributed by atoms with Crippen LogP contribution in [-0.4, -0.2) is 49.3 Å². The Labute approximate surface area is 257 Å². The van der Waals surface area contributed by atoms with Gasteiger partial charge in [0.25, 0.3) is 10.0 Å². The number of nitrogens with zero attached hydrogens (tertiary/aromatic N) is 2. The zero-order chi connectivity index (χ0) is 31.2. The number of phenolic OH excluding ortho intramolecular Hbond substituents is 1. The number of phenols is 1. The van der Waals surface area contributed by atoms with E-state index in [0.29, 0.717) is 26.8 Å². The molecule has 0 radical (unpaired) electrons. The fourth-order valence-electron chi connectivity index (χ4n) is 4.02. The summed E-state index contributed by atoms with van der Waals surface area (Å²) in [4.78, 5) is 21.2. The van der Waals surface area contributed by atoms with Gasteiger partial charge in [-0.2, -0.15) is 0 Å². The SMILES string of the molecule is CCOC(=O)c1sc(-c2ccc(O)c(C(Nc3ccc(S(=O)(=O)Nc4nccs4)cc3)P(=O)(OCC)OCC)c2)nc1C. The first-order valence-corrected chi connectivity index (χ1v) is 18.0. The monoisotopic (exact) mass is 666 g/mol. The van der Waals surface area contributed by atoms with E-state index >= 15 is 0 Å². The summed E-state index contributed by atoms with van der Waals surface area (Å²) in [7, 11) is -7.86. The van der Waals surface area contributed by atoms with Gasteiger partial charge >= 0.3 is 13.6 Å². The Balaban J connectivity index is 1.72. The van der Waals surface area contributed by atoms with Gasteiger partial charge in [0.1, 0.15) is 15.6 Å². The number of aryl methyl sites for hydroxylation is 1. The summed E-state index contributed by atoms with van der Waals surface area (Å²) in [5.74, 6) is -1.87. The zero-order valence-corrected chi connectivity index (χ0v) is 27.1. The normalized spacial score (nSPS) is 12.6. The molecule has 0 fully saturated rings. The van der Waals surface area contributed by atoms with Crippen molar-refractivity contribution >= 4 is 57.1 Å². The Hall–Kier alpha value is -3.33. The molecule has 43 heavy (non-hydrogen) atoms. The second-order valence-corrected chi connectivity index (χ2v) is 14.5. The van der Waals surface area contributed by atoms with Crippen LogP contribution >= 0.6 is 30.3 Å². The van der Waals surface area contributed by atoms with Crippen LogP contribution in [-0.2, 0) is 28.4 Å². The lowest BCUT2D eigenvalue weighted by Crippen LogP contribution is -2.16. The number of rotatable bonds is 14. The molecule has 0 saturated heterocycles. The van der Waals surface area contributed by atoms with Crippen LogP contribution in [0.25, 0.3) is 10.6 Å². The average Bonchev–Trinajstić information content (AvgIpc) is 3.62. The van der Waals surface area contributed by atoms with Crippen molar-refractivity contribution in [1.29, 1.82) is 0 Å². The van der Waals surface area contributed by atoms with Gasteiger partial charge in [-0.3, -0.25) is 9.29 Å². The van der Waals surface area contributed by atoms with Gasteiger partial charge < -0.3 is 24.2 Å². The standard InChI is InChI=1S/C27H31N4O8PS3/c1-5-37-26(33)23-17(4)29-25(42-23)18-8-13-22(32)21(16-18)24(40(34,38-6-2)39-7-3)30-19-9-11-20(12-10-19)43(35,36)31-27-28-14-15-41-27/h8-16,24,30,32H,5-7H2,1-4H3,(H,28,31). The van der Waals surface area contributed by atoms with Crippen molar-refractivity contribution in [3.05, 3.63) is 70.2 Å². The topological polar surface area (TPSA) is 166 Å². The number of esters is 1. The van der Waals surface area contributed by atoms with Crippen LogP contribution in [0.4, 0.5) is 10.8 Å². The molecule has 2 heterocycles. The van der Waals surface area contributed by atoms with Crippen molar-refractivity contribution in [1.82, 2.24) is 9.97 Å². The highest BCUT2D eigenvalue weighted by atomic mass is 32.2. The molecule has 0 amide bonds. The first-order chi connectivity index (χ1) is 20.5. The van der Waals surface area contributed by atoms with Gasteiger partial charge in [-0.05, 0) is 70.2 Å². The molecule has 1 atom stereocenters. The molecule has 0 aliphatic carbocycles. The molecule has 2 aromatic heterocycles. The summed E-state index contributed by atoms with van der Waals surface area (Å²) in [6, 6.07) is 10.4. The summed E-state index contributed by atoms with van der Waals surface area (Å²) in [5, 5.41) is 16.5. The van der Waals surface area contributed by atoms with Crippen LogP contribution in [0.2, 0.25) is 0 Å². The predicted molar refractivity (Wildman–Crippen MR) is 166 cm³/mol. The smallest absolute Gasteiger partial charge is 0.357 e. The second-order valence-electron chi connectivity index (χ2n) is 8.82. The van der Waals surface area contributed by atoms with Crippen LogP contribution in [0.3, 0.4) is 0 Å². The number of aromatic nitrogens is 2. The molecular weight excluding hydrogens is 635 g/mol. The van der Waals surface area contributed by atoms with E-state index in [-0.39, 0.29) is 41.2 Å². The largest absolute Gasteiger partial charge is 0.508 e. The number of nitrogens with one attached hydrogen (secondary N) is 2. The van der Waals surface area contributed by atoms with Gasteiger partial charge in [-0.1, -0.05) is 0 Å². The van der Waals surface area contributed by atoms with Gasteiger partial charge in [-0.15, -0.1) is 22.7 Å². The Morgan fingerprint density at radius 3 is 2.37 bits per heavy atom. The number of thiazole rings is 2. The summed E-state index contributed by atoms with van der Waals surface area (Å²) >= 11 is 2.29. The van der Waals surface area contributed by atoms with Crippen molar-refractivity contribution in [3.8, 4) is 16.3 Å². The first-order valence-electron chi connectivity index (χ1n) is 13.2. The van der Waals surface area contributed by atoms with Crippen LogP contribution in [0.5, 0.6) is 5.75 Å². The minimum absolute atomic E-state index is 0.0102. The van der Waals surface area contributed by atoms with Gasteiger partial charge in [0.05, 0.1) is 30.4 Å². The number of aromatic hydroxyl groups is 1. The number of hydrogen-bond acceptors (Lipinski definition) is 13. The molecule has 3 N–H and O–H groups in total. The molecule has 0 spiro atoms. The highest BCUT2D eigenvalue weighted by molar-refractivity contribution is 7.93. The molecule has 0 aliphatic rings. The maximum absolute atomic E-state index is 14.1. The van der Waals surface area contributed by atoms with E-state index in [1.807, 2.05) is 0 Å². The zero-order valence-electron chi connectivity index (χ0n) is 23.8. The minimum atomic E-state index is -3.97. The number of ether oxygens (including phenoxy) is 1. The van der Waals surface area contributed by atoms with Crippen molar-refractivity contribution in [2.45, 2.75) is 38.4 Å². The quantitative estimate of drug-likeness (QED) is 0.0976. The first kappa shape index (κ1) is 32.6. The third-order valence-corrected chi connectivity index (χ3v) is 11.5. The minimum Gasteiger partial charge on any atom is -0.508 e. The van der Waals surface area contributed by atoms with Crippen molar-refractivity contribution in [2.24, 2.45) is 0 Å². The molecule has 2 aromatic carbocycles. The lowest BCUT2D eigenvalue weighted by Gasteiger charge is -2.29. The van der Waals surface area contributed by atoms with Gasteiger partial charge in [-0.25, -0.2) is 23.2 Å². The molecule has 230 valence electrons. The van der Waals surface area contributed by atoms with Gasteiger partial charge in [0.15, 0.2) is 10.9 Å². The van der Waals surface area contributed by atoms with E-state index in [1.54, 1.807) is 45.2 Å². The Bertz CT molecular complexity index is 1700. The molecule has 0 bridgehead atoms. The van der Waals surface area contributed by atoms with Crippen molar-refractivity contribution < 1.29 is 36.7 Å². The lowest BCUT2D eigenvalue weighted by molar-refractivity contribution is 0.0531. The number of sulfonamides is 1. The summed E-state index contributed by atoms with van der Waals surface area (Å²) in [5.41, 5.74) is 1.63. The molecule has 0 aliphatic heterocycles. The van der Waals surface area contributed by atoms with Crippen molar-refractivity contribution in [2.75, 3.05) is 29.9 Å². The Morgan fingerprint density at radius 2 is 1.77 bits per heavy atom. The maximum atomic E-state index is 14.1. The fourth-order valence-corrected chi connectivity index (χ4v) is 8.71. The maximum Gasteiger partial charge on any atom is 0.357 e. The molecular formula is C27H31N4O8PS3. The van der Waals surface area contributed by atoms with E-state index in [4.69, 9.17) is 13.8 Å². The van der Waals surface area contributed by atoms with Crippen LogP contribution in [0, 0.1) is 6.92 Å². The van der Waals surface area contributed by atoms with E-state index in [9.17, 15) is 22.9 Å². The highest BCUT2D eigenvalue weighted by Crippen LogP contribution is 2.62. The predicted octanol–water partition coefficient (Wildman–Crippen LogP) is 6.63. The summed E-state index contributed by atoms with van der Waals surface area (Å²) in [6.07, 6.45) is 1.49. The highest BCUT2D eigenvalue weighted by Gasteiger charge is 2.39. The molecule has 16 heteroatoms. The van der Waals surface area contributed by atoms with E-state index < -0.39 is 29.4 Å². The molecule has 0 saturated carbocycles. The van der Waals surface area contributed by atoms with Crippen LogP contribution < -0.4 is 10.0 Å². The number of carbonyl (C=O) groups excluding carboxylic acids is 1. The third-order valence-electron chi connectivity index (χ3n) is 5.88. The van der Waals surface area contributed by atoms with E-state index in [1.165, 1.54) is 36.5 Å². The van der Waals surface area contributed by atoms with Crippen molar-refractivity contribution in [3.63, 3.8) is 0 Å².